The van der Waals surface area contributed by atoms with Crippen molar-refractivity contribution < 1.29 is 0 Å². The number of aliphatic imine (C=N–C) groups is 1. The van der Waals surface area contributed by atoms with Gasteiger partial charge in [-0.15, -0.1) is 0 Å². The van der Waals surface area contributed by atoms with Gasteiger partial charge in [-0.05, 0) is 24.1 Å². The Labute approximate surface area is 136 Å². The Morgan fingerprint density at radius 1 is 1.36 bits per heavy atom. The molecule has 2 aromatic rings. The molecule has 0 aliphatic carbocycles. The van der Waals surface area contributed by atoms with E-state index in [1.807, 2.05) is 48.3 Å². The third-order valence-electron chi connectivity index (χ3n) is 3.35. The summed E-state index contributed by atoms with van der Waals surface area (Å²) >= 11 is 6.20. The van der Waals surface area contributed by atoms with Crippen LogP contribution in [0.25, 0.3) is 0 Å². The van der Waals surface area contributed by atoms with Gasteiger partial charge in [0.25, 0.3) is 0 Å². The Morgan fingerprint density at radius 2 is 2.18 bits per heavy atom. The van der Waals surface area contributed by atoms with Crippen LogP contribution < -0.4 is 5.32 Å². The Morgan fingerprint density at radius 3 is 2.86 bits per heavy atom. The Bertz CT molecular complexity index is 594. The van der Waals surface area contributed by atoms with Gasteiger partial charge in [-0.3, -0.25) is 9.67 Å². The highest BCUT2D eigenvalue weighted by atomic mass is 35.5. The molecule has 0 aliphatic heterocycles. The second-order valence-electron chi connectivity index (χ2n) is 5.04. The molecule has 2 rings (SSSR count). The van der Waals surface area contributed by atoms with Crippen molar-refractivity contribution in [1.82, 2.24) is 20.0 Å². The summed E-state index contributed by atoms with van der Waals surface area (Å²) in [4.78, 5) is 6.38. The van der Waals surface area contributed by atoms with E-state index in [2.05, 4.69) is 20.3 Å². The molecule has 1 aromatic carbocycles. The third kappa shape index (κ3) is 4.77. The first-order chi connectivity index (χ1) is 10.7. The van der Waals surface area contributed by atoms with E-state index in [1.165, 1.54) is 0 Å². The number of guanidine groups is 1. The largest absolute Gasteiger partial charge is 0.356 e. The predicted molar refractivity (Wildman–Crippen MR) is 91.1 cm³/mol. The van der Waals surface area contributed by atoms with E-state index in [0.717, 1.165) is 42.6 Å². The zero-order valence-electron chi connectivity index (χ0n) is 13.0. The van der Waals surface area contributed by atoms with E-state index in [0.29, 0.717) is 0 Å². The number of hydrogen-bond acceptors (Lipinski definition) is 2. The van der Waals surface area contributed by atoms with Gasteiger partial charge in [0.05, 0.1) is 0 Å². The van der Waals surface area contributed by atoms with Crippen LogP contribution in [-0.4, -0.2) is 41.3 Å². The average molecular weight is 320 g/mol. The molecule has 1 aromatic heterocycles. The van der Waals surface area contributed by atoms with Crippen LogP contribution in [0.2, 0.25) is 5.02 Å². The van der Waals surface area contributed by atoms with Crippen LogP contribution >= 0.6 is 11.6 Å². The fourth-order valence-electron chi connectivity index (χ4n) is 2.22. The third-order valence-corrected chi connectivity index (χ3v) is 3.71. The highest BCUT2D eigenvalue weighted by Crippen LogP contribution is 2.16. The van der Waals surface area contributed by atoms with E-state index in [1.54, 1.807) is 13.2 Å². The number of halogens is 1. The van der Waals surface area contributed by atoms with E-state index in [4.69, 9.17) is 11.6 Å². The molecule has 0 atom stereocenters. The molecule has 1 N–H and O–H groups in total. The quantitative estimate of drug-likeness (QED) is 0.506. The second-order valence-corrected chi connectivity index (χ2v) is 5.45. The molecule has 0 spiro atoms. The lowest BCUT2D eigenvalue weighted by Gasteiger charge is -2.22. The molecule has 5 nitrogen and oxygen atoms in total. The van der Waals surface area contributed by atoms with Crippen LogP contribution in [0, 0.1) is 0 Å². The molecule has 0 bridgehead atoms. The van der Waals surface area contributed by atoms with Crippen molar-refractivity contribution in [3.63, 3.8) is 0 Å². The summed E-state index contributed by atoms with van der Waals surface area (Å²) in [5.74, 6) is 0.861. The monoisotopic (exact) mass is 319 g/mol. The van der Waals surface area contributed by atoms with Gasteiger partial charge in [-0.25, -0.2) is 0 Å². The number of nitrogens with one attached hydrogen (secondary N) is 1. The molecule has 0 saturated carbocycles. The number of nitrogens with zero attached hydrogens (tertiary/aromatic N) is 4. The molecular weight excluding hydrogens is 298 g/mol. The van der Waals surface area contributed by atoms with Gasteiger partial charge in [0.15, 0.2) is 5.96 Å². The molecule has 0 unspecified atom stereocenters. The first kappa shape index (κ1) is 16.4. The highest BCUT2D eigenvalue weighted by molar-refractivity contribution is 6.31. The number of hydrogen-bond donors (Lipinski definition) is 1. The van der Waals surface area contributed by atoms with E-state index in [9.17, 15) is 0 Å². The second kappa shape index (κ2) is 8.44. The minimum Gasteiger partial charge on any atom is -0.356 e. The fraction of sp³-hybridized carbons (Fsp3) is 0.375. The van der Waals surface area contributed by atoms with Gasteiger partial charge in [-0.2, -0.15) is 5.10 Å². The summed E-state index contributed by atoms with van der Waals surface area (Å²) in [5, 5.41) is 8.33. The molecule has 6 heteroatoms. The molecule has 0 fully saturated rings. The number of aryl methyl sites for hydroxylation is 1. The van der Waals surface area contributed by atoms with Gasteiger partial charge in [0.2, 0.25) is 0 Å². The lowest BCUT2D eigenvalue weighted by Crippen LogP contribution is -2.39. The van der Waals surface area contributed by atoms with Crippen molar-refractivity contribution in [2.75, 3.05) is 20.6 Å². The van der Waals surface area contributed by atoms with E-state index in [-0.39, 0.29) is 0 Å². The first-order valence-corrected chi connectivity index (χ1v) is 7.71. The zero-order valence-corrected chi connectivity index (χ0v) is 13.8. The summed E-state index contributed by atoms with van der Waals surface area (Å²) in [6.07, 6.45) is 4.75. The summed E-state index contributed by atoms with van der Waals surface area (Å²) in [7, 11) is 3.80. The van der Waals surface area contributed by atoms with Gasteiger partial charge in [-0.1, -0.05) is 29.8 Å². The first-order valence-electron chi connectivity index (χ1n) is 7.33. The maximum absolute atomic E-state index is 6.20. The lowest BCUT2D eigenvalue weighted by molar-refractivity contribution is 0.471. The van der Waals surface area contributed by atoms with Gasteiger partial charge < -0.3 is 10.2 Å². The summed E-state index contributed by atoms with van der Waals surface area (Å²) in [5.41, 5.74) is 1.09. The minimum absolute atomic E-state index is 0.721. The molecule has 0 amide bonds. The van der Waals surface area contributed by atoms with Gasteiger partial charge in [0, 0.05) is 51.1 Å². The van der Waals surface area contributed by atoms with E-state index >= 15 is 0 Å². The maximum atomic E-state index is 6.20. The Balaban J connectivity index is 1.79. The van der Waals surface area contributed by atoms with Crippen molar-refractivity contribution in [2.24, 2.45) is 4.99 Å². The molecule has 1 heterocycles. The average Bonchev–Trinajstić information content (AvgIpc) is 3.03. The van der Waals surface area contributed by atoms with Crippen LogP contribution in [0.4, 0.5) is 0 Å². The lowest BCUT2D eigenvalue weighted by atomic mass is 10.2. The minimum atomic E-state index is 0.721. The van der Waals surface area contributed by atoms with Crippen molar-refractivity contribution in [1.29, 1.82) is 0 Å². The van der Waals surface area contributed by atoms with Crippen molar-refractivity contribution in [3.05, 3.63) is 53.3 Å². The summed E-state index contributed by atoms with van der Waals surface area (Å²) < 4.78 is 1.93. The molecule has 22 heavy (non-hydrogen) atoms. The van der Waals surface area contributed by atoms with Crippen LogP contribution in [-0.2, 0) is 13.1 Å². The van der Waals surface area contributed by atoms with Crippen LogP contribution in [0.5, 0.6) is 0 Å². The molecule has 0 saturated heterocycles. The standard InChI is InChI=1S/C16H22ClN5/c1-18-16(19-9-5-11-22-12-6-10-20-22)21(2)13-14-7-3-4-8-15(14)17/h3-4,6-8,10,12H,5,9,11,13H2,1-2H3,(H,18,19). The predicted octanol–water partition coefficient (Wildman–Crippen LogP) is 2.63. The maximum Gasteiger partial charge on any atom is 0.193 e. The Hall–Kier alpha value is -2.01. The van der Waals surface area contributed by atoms with Crippen molar-refractivity contribution in [2.45, 2.75) is 19.5 Å². The van der Waals surface area contributed by atoms with Crippen LogP contribution in [0.3, 0.4) is 0 Å². The van der Waals surface area contributed by atoms with E-state index < -0.39 is 0 Å². The topological polar surface area (TPSA) is 45.5 Å². The molecule has 0 radical (unpaired) electrons. The van der Waals surface area contributed by atoms with Gasteiger partial charge >= 0.3 is 0 Å². The molecule has 0 aliphatic rings. The molecule has 118 valence electrons. The summed E-state index contributed by atoms with van der Waals surface area (Å²) in [6.45, 7) is 2.46. The van der Waals surface area contributed by atoms with Crippen molar-refractivity contribution >= 4 is 17.6 Å². The SMILES string of the molecule is CN=C(NCCCn1cccn1)N(C)Cc1ccccc1Cl. The highest BCUT2D eigenvalue weighted by Gasteiger charge is 2.08. The smallest absolute Gasteiger partial charge is 0.193 e. The molecular formula is C16H22ClN5. The van der Waals surface area contributed by atoms with Gasteiger partial charge in [0.1, 0.15) is 0 Å². The van der Waals surface area contributed by atoms with Crippen molar-refractivity contribution in [3.8, 4) is 0 Å². The fourth-order valence-corrected chi connectivity index (χ4v) is 2.41. The summed E-state index contributed by atoms with van der Waals surface area (Å²) in [6, 6.07) is 9.81. The van der Waals surface area contributed by atoms with Crippen LogP contribution in [0.1, 0.15) is 12.0 Å². The number of rotatable bonds is 6. The number of benzene rings is 1. The normalized spacial score (nSPS) is 11.5. The number of aromatic nitrogens is 2. The zero-order chi connectivity index (χ0) is 15.8. The Kier molecular flexibility index (Phi) is 6.27. The van der Waals surface area contributed by atoms with Crippen LogP contribution in [0.15, 0.2) is 47.7 Å².